The lowest BCUT2D eigenvalue weighted by atomic mass is 10.3. The molecular formula is C20H18O6S. The van der Waals surface area contributed by atoms with E-state index in [0.29, 0.717) is 11.5 Å². The highest BCUT2D eigenvalue weighted by molar-refractivity contribution is 7.91. The van der Waals surface area contributed by atoms with E-state index >= 15 is 0 Å². The molecule has 0 saturated heterocycles. The molecule has 6 nitrogen and oxygen atoms in total. The molecule has 0 aliphatic heterocycles. The van der Waals surface area contributed by atoms with Crippen molar-refractivity contribution in [1.29, 1.82) is 0 Å². The fraction of sp³-hybridized carbons (Fsp3) is 0.200. The molecule has 140 valence electrons. The summed E-state index contributed by atoms with van der Waals surface area (Å²) in [6.07, 6.45) is 10.3. The minimum Gasteiger partial charge on any atom is -0.493 e. The van der Waals surface area contributed by atoms with Crippen LogP contribution in [0.4, 0.5) is 0 Å². The smallest absolute Gasteiger partial charge is 0.206 e. The standard InChI is InChI=1S/C20H18O6S/c1-5-11-25-17-9-7-15(13-19(17)23-3)27(21,22)16-8-10-18(26-12-6-2)20(14-16)24-4/h1-2,7-10,13-14H,11-12H2,3-4H3. The van der Waals surface area contributed by atoms with Crippen LogP contribution in [0.1, 0.15) is 0 Å². The van der Waals surface area contributed by atoms with E-state index in [9.17, 15) is 8.42 Å². The van der Waals surface area contributed by atoms with Gasteiger partial charge in [-0.25, -0.2) is 8.42 Å². The number of sulfone groups is 1. The Morgan fingerprint density at radius 2 is 1.19 bits per heavy atom. The quantitative estimate of drug-likeness (QED) is 0.650. The van der Waals surface area contributed by atoms with Crippen molar-refractivity contribution < 1.29 is 27.4 Å². The van der Waals surface area contributed by atoms with Gasteiger partial charge in [-0.1, -0.05) is 11.8 Å². The summed E-state index contributed by atoms with van der Waals surface area (Å²) >= 11 is 0. The highest BCUT2D eigenvalue weighted by atomic mass is 32.2. The molecule has 2 rings (SSSR count). The number of rotatable bonds is 8. The first-order valence-corrected chi connectivity index (χ1v) is 9.20. The topological polar surface area (TPSA) is 71.1 Å². The molecule has 0 saturated carbocycles. The molecule has 0 bridgehead atoms. The van der Waals surface area contributed by atoms with Crippen molar-refractivity contribution in [2.24, 2.45) is 0 Å². The van der Waals surface area contributed by atoms with Gasteiger partial charge in [-0.2, -0.15) is 0 Å². The van der Waals surface area contributed by atoms with Crippen molar-refractivity contribution in [3.8, 4) is 47.7 Å². The Balaban J connectivity index is 2.43. The molecule has 2 aromatic rings. The third-order valence-corrected chi connectivity index (χ3v) is 5.26. The maximum atomic E-state index is 13.0. The summed E-state index contributed by atoms with van der Waals surface area (Å²) in [6.45, 7) is 0.0809. The van der Waals surface area contributed by atoms with Crippen LogP contribution in [-0.4, -0.2) is 35.9 Å². The zero-order chi connectivity index (χ0) is 19.9. The lowest BCUT2D eigenvalue weighted by Gasteiger charge is -2.13. The number of hydrogen-bond acceptors (Lipinski definition) is 6. The van der Waals surface area contributed by atoms with Gasteiger partial charge in [0.1, 0.15) is 13.2 Å². The Bertz CT molecular complexity index is 921. The predicted octanol–water partition coefficient (Wildman–Crippen LogP) is 2.56. The summed E-state index contributed by atoms with van der Waals surface area (Å²) in [5.74, 6) is 5.89. The van der Waals surface area contributed by atoms with E-state index in [4.69, 9.17) is 31.8 Å². The molecule has 7 heteroatoms. The fourth-order valence-electron chi connectivity index (χ4n) is 2.24. The zero-order valence-electron chi connectivity index (χ0n) is 14.9. The molecule has 0 unspecified atom stereocenters. The van der Waals surface area contributed by atoms with Gasteiger partial charge >= 0.3 is 0 Å². The van der Waals surface area contributed by atoms with E-state index < -0.39 is 9.84 Å². The lowest BCUT2D eigenvalue weighted by Crippen LogP contribution is -2.05. The number of hydrogen-bond donors (Lipinski definition) is 0. The summed E-state index contributed by atoms with van der Waals surface area (Å²) in [7, 11) is -1.01. The maximum Gasteiger partial charge on any atom is 0.206 e. The van der Waals surface area contributed by atoms with Crippen LogP contribution in [0.2, 0.25) is 0 Å². The average Bonchev–Trinajstić information content (AvgIpc) is 2.70. The van der Waals surface area contributed by atoms with E-state index in [0.717, 1.165) is 0 Å². The zero-order valence-corrected chi connectivity index (χ0v) is 15.7. The van der Waals surface area contributed by atoms with Gasteiger partial charge in [-0.3, -0.25) is 0 Å². The van der Waals surface area contributed by atoms with Crippen LogP contribution in [-0.2, 0) is 9.84 Å². The van der Waals surface area contributed by atoms with E-state index in [2.05, 4.69) is 11.8 Å². The largest absolute Gasteiger partial charge is 0.493 e. The van der Waals surface area contributed by atoms with Gasteiger partial charge in [0, 0.05) is 12.1 Å². The maximum absolute atomic E-state index is 13.0. The van der Waals surface area contributed by atoms with Crippen LogP contribution in [0.15, 0.2) is 46.2 Å². The molecule has 0 fully saturated rings. The molecule has 2 aromatic carbocycles. The summed E-state index contributed by atoms with van der Waals surface area (Å²) in [4.78, 5) is 0.0681. The number of benzene rings is 2. The van der Waals surface area contributed by atoms with Crippen molar-refractivity contribution in [2.45, 2.75) is 9.79 Å². The van der Waals surface area contributed by atoms with Gasteiger partial charge in [0.2, 0.25) is 9.84 Å². The van der Waals surface area contributed by atoms with Gasteiger partial charge in [0.25, 0.3) is 0 Å². The van der Waals surface area contributed by atoms with Crippen LogP contribution in [0.25, 0.3) is 0 Å². The van der Waals surface area contributed by atoms with Gasteiger partial charge in [0.15, 0.2) is 23.0 Å². The molecule has 0 amide bonds. The van der Waals surface area contributed by atoms with E-state index in [1.807, 2.05) is 0 Å². The summed E-state index contributed by atoms with van der Waals surface area (Å²) in [6, 6.07) is 8.56. The normalized spacial score (nSPS) is 10.4. The SMILES string of the molecule is C#CCOc1ccc(S(=O)(=O)c2ccc(OCC#C)c(OC)c2)cc1OC. The van der Waals surface area contributed by atoms with E-state index in [1.165, 1.54) is 50.6 Å². The Morgan fingerprint density at radius 1 is 0.778 bits per heavy atom. The van der Waals surface area contributed by atoms with Gasteiger partial charge in [-0.05, 0) is 24.3 Å². The molecule has 0 radical (unpaired) electrons. The van der Waals surface area contributed by atoms with Crippen molar-refractivity contribution in [1.82, 2.24) is 0 Å². The average molecular weight is 386 g/mol. The molecule has 0 aliphatic rings. The molecule has 27 heavy (non-hydrogen) atoms. The first-order valence-electron chi connectivity index (χ1n) is 7.71. The summed E-state index contributed by atoms with van der Waals surface area (Å²) in [5.41, 5.74) is 0. The second-order valence-corrected chi connectivity index (χ2v) is 7.06. The molecule has 0 spiro atoms. The highest BCUT2D eigenvalue weighted by Gasteiger charge is 2.22. The van der Waals surface area contributed by atoms with E-state index in [1.54, 1.807) is 0 Å². The fourth-order valence-corrected chi connectivity index (χ4v) is 3.53. The second kappa shape index (κ2) is 8.88. The molecule has 0 atom stereocenters. The van der Waals surface area contributed by atoms with Crippen molar-refractivity contribution >= 4 is 9.84 Å². The molecule has 0 N–H and O–H groups in total. The monoisotopic (exact) mass is 386 g/mol. The third kappa shape index (κ3) is 4.46. The first-order chi connectivity index (χ1) is 13.0. The first kappa shape index (κ1) is 20.0. The van der Waals surface area contributed by atoms with Crippen LogP contribution < -0.4 is 18.9 Å². The minimum absolute atomic E-state index is 0.0340. The Hall–Kier alpha value is -3.29. The summed E-state index contributed by atoms with van der Waals surface area (Å²) < 4.78 is 47.0. The van der Waals surface area contributed by atoms with Crippen molar-refractivity contribution in [3.05, 3.63) is 36.4 Å². The Labute approximate surface area is 158 Å². The number of ether oxygens (including phenoxy) is 4. The molecule has 0 heterocycles. The van der Waals surface area contributed by atoms with Crippen LogP contribution in [0, 0.1) is 24.7 Å². The molecule has 0 aromatic heterocycles. The van der Waals surface area contributed by atoms with Gasteiger partial charge < -0.3 is 18.9 Å². The Kier molecular flexibility index (Phi) is 6.59. The Morgan fingerprint density at radius 3 is 1.52 bits per heavy atom. The van der Waals surface area contributed by atoms with E-state index in [-0.39, 0.29) is 34.5 Å². The second-order valence-electron chi connectivity index (χ2n) is 5.11. The molecule has 0 aliphatic carbocycles. The van der Waals surface area contributed by atoms with Gasteiger partial charge in [0.05, 0.1) is 24.0 Å². The van der Waals surface area contributed by atoms with Crippen LogP contribution in [0.3, 0.4) is 0 Å². The van der Waals surface area contributed by atoms with Crippen LogP contribution in [0.5, 0.6) is 23.0 Å². The highest BCUT2D eigenvalue weighted by Crippen LogP contribution is 2.35. The van der Waals surface area contributed by atoms with Gasteiger partial charge in [-0.15, -0.1) is 12.8 Å². The molecular weight excluding hydrogens is 368 g/mol. The minimum atomic E-state index is -3.83. The number of terminal acetylenes is 2. The third-order valence-electron chi connectivity index (χ3n) is 3.51. The van der Waals surface area contributed by atoms with Crippen LogP contribution >= 0.6 is 0 Å². The van der Waals surface area contributed by atoms with Crippen molar-refractivity contribution in [3.63, 3.8) is 0 Å². The summed E-state index contributed by atoms with van der Waals surface area (Å²) in [5, 5.41) is 0. The lowest BCUT2D eigenvalue weighted by molar-refractivity contribution is 0.330. The number of methoxy groups -OCH3 is 2. The predicted molar refractivity (Wildman–Crippen MR) is 100 cm³/mol. The van der Waals surface area contributed by atoms with Crippen molar-refractivity contribution in [2.75, 3.05) is 27.4 Å².